The average Bonchev–Trinajstić information content (AvgIpc) is 3.56. The van der Waals surface area contributed by atoms with Crippen LogP contribution in [0.25, 0.3) is 0 Å². The van der Waals surface area contributed by atoms with Crippen LogP contribution >= 0.6 is 7.82 Å². The Labute approximate surface area is 521 Å². The first-order valence-electron chi connectivity index (χ1n) is 35.2. The van der Waals surface area contributed by atoms with Crippen LogP contribution in [0.15, 0.2) is 109 Å². The molecule has 0 fully saturated rings. The van der Waals surface area contributed by atoms with Crippen molar-refractivity contribution in [2.75, 3.05) is 40.9 Å². The van der Waals surface area contributed by atoms with E-state index in [0.29, 0.717) is 17.4 Å². The lowest BCUT2D eigenvalue weighted by Gasteiger charge is -2.29. The van der Waals surface area contributed by atoms with E-state index >= 15 is 0 Å². The van der Waals surface area contributed by atoms with Crippen LogP contribution in [0.4, 0.5) is 0 Å². The van der Waals surface area contributed by atoms with Gasteiger partial charge in [0, 0.05) is 6.42 Å². The number of nitrogens with zero attached hydrogens (tertiary/aromatic N) is 1. The van der Waals surface area contributed by atoms with Crippen LogP contribution in [0, 0.1) is 0 Å². The summed E-state index contributed by atoms with van der Waals surface area (Å²) in [6.45, 7) is 4.53. The molecular formula is C75H135N2O6P. The summed E-state index contributed by atoms with van der Waals surface area (Å²) in [5, 5.41) is 13.9. The Morgan fingerprint density at radius 1 is 0.429 bits per heavy atom. The quantitative estimate of drug-likeness (QED) is 0.0272. The number of rotatable bonds is 64. The molecule has 0 bridgehead atoms. The second-order valence-electron chi connectivity index (χ2n) is 24.8. The van der Waals surface area contributed by atoms with Crippen LogP contribution in [0.3, 0.4) is 0 Å². The van der Waals surface area contributed by atoms with E-state index < -0.39 is 26.6 Å². The monoisotopic (exact) mass is 1190 g/mol. The fourth-order valence-corrected chi connectivity index (χ4v) is 10.7. The molecule has 2 N–H and O–H groups in total. The van der Waals surface area contributed by atoms with Crippen molar-refractivity contribution in [3.63, 3.8) is 0 Å². The number of aliphatic hydroxyl groups excluding tert-OH is 1. The third-order valence-electron chi connectivity index (χ3n) is 15.4. The van der Waals surface area contributed by atoms with E-state index in [-0.39, 0.29) is 12.5 Å². The highest BCUT2D eigenvalue weighted by atomic mass is 31.2. The third-order valence-corrected chi connectivity index (χ3v) is 16.4. The molecule has 0 saturated carbocycles. The van der Waals surface area contributed by atoms with Gasteiger partial charge in [-0.2, -0.15) is 0 Å². The standard InChI is InChI=1S/C75H135N2O6P/c1-6-8-10-12-14-16-18-20-22-24-26-28-30-32-34-36-37-38-39-41-43-45-47-49-51-53-55-57-59-61-63-65-67-69-75(79)76-73(72-83-84(80,81)82-71-70-77(3,4)5)74(78)68-66-64-62-60-58-56-54-52-50-48-46-44-42-40-35-33-31-29-27-25-23-21-19-17-15-13-11-9-7-2/h8,10,14,16,20,22,26,28,32,34,37-38,50,52,58,60,66,68,73-74,78H,6-7,9,11-13,15,17-19,21,23-25,27,29-31,33,35-36,39-49,51,53-57,59,61-65,67,69-72H2,1-5H3,(H-,76,79,80,81)/b10-8-,16-14-,22-20-,28-26-,34-32-,38-37-,52-50+,60-58+,68-66+. The summed E-state index contributed by atoms with van der Waals surface area (Å²) < 4.78 is 23.4. The number of unbranched alkanes of at least 4 members (excludes halogenated alkanes) is 35. The van der Waals surface area contributed by atoms with Gasteiger partial charge in [-0.1, -0.05) is 316 Å². The SMILES string of the molecule is CC/C=C\C/C=C\C/C=C\C/C=C\C/C=C\C/C=C\CCCCCCCCCCCCCCCCC(=O)NC(COP(=O)([O-])OCC[N+](C)(C)C)C(O)/C=C/CC/C=C/CC/C=C/CCCCCCCCCCCCCCCCCCCCC. The first kappa shape index (κ1) is 81.2. The molecule has 0 heterocycles. The highest BCUT2D eigenvalue weighted by Gasteiger charge is 2.23. The van der Waals surface area contributed by atoms with Crippen molar-refractivity contribution in [2.45, 2.75) is 321 Å². The zero-order valence-corrected chi connectivity index (χ0v) is 56.5. The number of carbonyl (C=O) groups excluding carboxylic acids is 1. The second-order valence-corrected chi connectivity index (χ2v) is 26.2. The number of phosphoric acid groups is 1. The fraction of sp³-hybridized carbons (Fsp3) is 0.747. The molecule has 8 nitrogen and oxygen atoms in total. The van der Waals surface area contributed by atoms with E-state index in [0.717, 1.165) is 83.5 Å². The fourth-order valence-electron chi connectivity index (χ4n) is 10.0. The smallest absolute Gasteiger partial charge is 0.268 e. The molecule has 9 heteroatoms. The number of phosphoric ester groups is 1. The van der Waals surface area contributed by atoms with Gasteiger partial charge in [-0.15, -0.1) is 0 Å². The topological polar surface area (TPSA) is 108 Å². The number of quaternary nitrogens is 1. The predicted octanol–water partition coefficient (Wildman–Crippen LogP) is 22.0. The number of amides is 1. The zero-order valence-electron chi connectivity index (χ0n) is 55.6. The summed E-state index contributed by atoms with van der Waals surface area (Å²) in [4.78, 5) is 25.6. The summed E-state index contributed by atoms with van der Waals surface area (Å²) in [5.74, 6) is -0.213. The van der Waals surface area contributed by atoms with Gasteiger partial charge < -0.3 is 28.8 Å². The van der Waals surface area contributed by atoms with E-state index in [9.17, 15) is 19.4 Å². The molecule has 0 saturated heterocycles. The molecule has 1 amide bonds. The van der Waals surface area contributed by atoms with Crippen molar-refractivity contribution in [3.05, 3.63) is 109 Å². The van der Waals surface area contributed by atoms with Gasteiger partial charge in [-0.3, -0.25) is 9.36 Å². The van der Waals surface area contributed by atoms with E-state index in [1.165, 1.54) is 205 Å². The Bertz CT molecular complexity index is 1740. The molecule has 3 atom stereocenters. The van der Waals surface area contributed by atoms with Gasteiger partial charge in [0.25, 0.3) is 7.82 Å². The van der Waals surface area contributed by atoms with Crippen LogP contribution in [0.2, 0.25) is 0 Å². The molecular weight excluding hydrogens is 1060 g/mol. The summed E-state index contributed by atoms with van der Waals surface area (Å²) in [7, 11) is 1.23. The lowest BCUT2D eigenvalue weighted by molar-refractivity contribution is -0.870. The minimum atomic E-state index is -4.62. The first-order chi connectivity index (χ1) is 41.0. The minimum Gasteiger partial charge on any atom is -0.756 e. The number of carbonyl (C=O) groups is 1. The number of hydrogen-bond acceptors (Lipinski definition) is 6. The number of nitrogens with one attached hydrogen (secondary N) is 1. The molecule has 0 aliphatic rings. The average molecular weight is 1190 g/mol. The first-order valence-corrected chi connectivity index (χ1v) is 36.7. The summed E-state index contributed by atoms with van der Waals surface area (Å²) in [6.07, 6.45) is 95.0. The molecule has 0 aromatic rings. The molecule has 0 spiro atoms. The molecule has 0 rings (SSSR count). The van der Waals surface area contributed by atoms with Crippen LogP contribution in [0.1, 0.15) is 309 Å². The van der Waals surface area contributed by atoms with Crippen molar-refractivity contribution in [3.8, 4) is 0 Å². The van der Waals surface area contributed by atoms with Crippen molar-refractivity contribution in [2.24, 2.45) is 0 Å². The van der Waals surface area contributed by atoms with Crippen molar-refractivity contribution in [1.29, 1.82) is 0 Å². The highest BCUT2D eigenvalue weighted by Crippen LogP contribution is 2.38. The Morgan fingerprint density at radius 2 is 0.738 bits per heavy atom. The van der Waals surface area contributed by atoms with Crippen LogP contribution in [0.5, 0.6) is 0 Å². The highest BCUT2D eigenvalue weighted by molar-refractivity contribution is 7.45. The van der Waals surface area contributed by atoms with E-state index in [2.05, 4.69) is 116 Å². The molecule has 0 radical (unpaired) electrons. The zero-order chi connectivity index (χ0) is 61.2. The van der Waals surface area contributed by atoms with Crippen LogP contribution < -0.4 is 10.2 Å². The molecule has 486 valence electrons. The molecule has 84 heavy (non-hydrogen) atoms. The molecule has 0 aromatic carbocycles. The molecule has 0 aliphatic heterocycles. The Balaban J connectivity index is 4.15. The number of allylic oxidation sites excluding steroid dienone is 17. The van der Waals surface area contributed by atoms with E-state index in [1.807, 2.05) is 27.2 Å². The van der Waals surface area contributed by atoms with Gasteiger partial charge in [-0.05, 0) is 96.3 Å². The third kappa shape index (κ3) is 66.7. The van der Waals surface area contributed by atoms with E-state index in [4.69, 9.17) is 9.05 Å². The Kier molecular flexibility index (Phi) is 62.4. The second kappa shape index (κ2) is 64.6. The largest absolute Gasteiger partial charge is 0.756 e. The van der Waals surface area contributed by atoms with Gasteiger partial charge in [0.15, 0.2) is 0 Å². The lowest BCUT2D eigenvalue weighted by Crippen LogP contribution is -2.45. The van der Waals surface area contributed by atoms with Gasteiger partial charge in [0.1, 0.15) is 13.2 Å². The molecule has 0 aliphatic carbocycles. The maximum absolute atomic E-state index is 13.0. The summed E-state index contributed by atoms with van der Waals surface area (Å²) in [6, 6.07) is -0.918. The van der Waals surface area contributed by atoms with Gasteiger partial charge in [0.2, 0.25) is 5.91 Å². The normalized spacial score (nSPS) is 14.3. The molecule has 0 aromatic heterocycles. The summed E-state index contributed by atoms with van der Waals surface area (Å²) in [5.41, 5.74) is 0. The minimum absolute atomic E-state index is 0.0129. The maximum atomic E-state index is 13.0. The summed E-state index contributed by atoms with van der Waals surface area (Å²) >= 11 is 0. The lowest BCUT2D eigenvalue weighted by atomic mass is 10.0. The Hall–Kier alpha value is -2.84. The van der Waals surface area contributed by atoms with Gasteiger partial charge >= 0.3 is 0 Å². The maximum Gasteiger partial charge on any atom is 0.268 e. The van der Waals surface area contributed by atoms with Crippen LogP contribution in [-0.2, 0) is 18.4 Å². The molecule has 3 unspecified atom stereocenters. The van der Waals surface area contributed by atoms with Crippen LogP contribution in [-0.4, -0.2) is 68.5 Å². The number of hydrogen-bond donors (Lipinski definition) is 2. The van der Waals surface area contributed by atoms with Crippen molar-refractivity contribution >= 4 is 13.7 Å². The predicted molar refractivity (Wildman–Crippen MR) is 366 cm³/mol. The number of aliphatic hydroxyl groups is 1. The van der Waals surface area contributed by atoms with Gasteiger partial charge in [-0.25, -0.2) is 0 Å². The van der Waals surface area contributed by atoms with Gasteiger partial charge in [0.05, 0.1) is 39.9 Å². The Morgan fingerprint density at radius 3 is 1.11 bits per heavy atom. The number of likely N-dealkylation sites (N-methyl/N-ethyl adjacent to an activating group) is 1. The van der Waals surface area contributed by atoms with E-state index in [1.54, 1.807) is 6.08 Å². The van der Waals surface area contributed by atoms with Crippen molar-refractivity contribution in [1.82, 2.24) is 5.32 Å². The van der Waals surface area contributed by atoms with Crippen molar-refractivity contribution < 1.29 is 32.9 Å².